The summed E-state index contributed by atoms with van der Waals surface area (Å²) in [5, 5.41) is 19.7. The maximum atomic E-state index is 10.9. The molecular formula is C13H13N5O3. The zero-order valence-electron chi connectivity index (χ0n) is 11.3. The predicted molar refractivity (Wildman–Crippen MR) is 74.2 cm³/mol. The molecule has 0 radical (unpaired) electrons. The summed E-state index contributed by atoms with van der Waals surface area (Å²) < 4.78 is 7.32. The minimum absolute atomic E-state index is 0.171. The van der Waals surface area contributed by atoms with Gasteiger partial charge >= 0.3 is 5.97 Å². The van der Waals surface area contributed by atoms with Gasteiger partial charge in [0, 0.05) is 20.0 Å². The molecule has 1 aromatic carbocycles. The van der Waals surface area contributed by atoms with Crippen LogP contribution in [0.5, 0.6) is 0 Å². The monoisotopic (exact) mass is 287 g/mol. The molecule has 0 unspecified atom stereocenters. The van der Waals surface area contributed by atoms with Gasteiger partial charge in [-0.25, -0.2) is 4.79 Å². The number of aryl methyl sites for hydroxylation is 1. The van der Waals surface area contributed by atoms with Gasteiger partial charge in [0.05, 0.1) is 5.56 Å². The average molecular weight is 287 g/mol. The molecule has 0 aliphatic rings. The van der Waals surface area contributed by atoms with Crippen LogP contribution in [0, 0.1) is 0 Å². The van der Waals surface area contributed by atoms with Crippen molar-refractivity contribution in [2.24, 2.45) is 7.05 Å². The summed E-state index contributed by atoms with van der Waals surface area (Å²) in [5.41, 5.74) is 1.22. The van der Waals surface area contributed by atoms with Crippen LogP contribution in [0.1, 0.15) is 16.2 Å². The number of hydrogen-bond donors (Lipinski definition) is 2. The lowest BCUT2D eigenvalue weighted by molar-refractivity contribution is 0.0697. The van der Waals surface area contributed by atoms with E-state index in [2.05, 4.69) is 20.5 Å². The van der Waals surface area contributed by atoms with Crippen molar-refractivity contribution in [1.29, 1.82) is 0 Å². The number of fused-ring (bicyclic) bond motifs is 1. The Labute approximate surface area is 119 Å². The molecule has 2 heterocycles. The molecule has 0 aliphatic carbocycles. The minimum atomic E-state index is -0.995. The molecule has 108 valence electrons. The first-order valence-corrected chi connectivity index (χ1v) is 6.34. The van der Waals surface area contributed by atoms with Crippen LogP contribution in [0.25, 0.3) is 11.1 Å². The minimum Gasteiger partial charge on any atom is -0.478 e. The van der Waals surface area contributed by atoms with Crippen molar-refractivity contribution < 1.29 is 14.3 Å². The number of aromatic nitrogens is 4. The fourth-order valence-corrected chi connectivity index (χ4v) is 1.95. The Bertz CT molecular complexity index is 792. The van der Waals surface area contributed by atoms with Crippen LogP contribution in [0.15, 0.2) is 28.9 Å². The van der Waals surface area contributed by atoms with E-state index < -0.39 is 5.97 Å². The SMILES string of the molecule is Cn1cnnc1CCNc1nc2ccc(C(=O)O)cc2o1. The zero-order chi connectivity index (χ0) is 14.8. The van der Waals surface area contributed by atoms with E-state index in [1.165, 1.54) is 12.1 Å². The molecule has 0 bridgehead atoms. The topological polar surface area (TPSA) is 106 Å². The summed E-state index contributed by atoms with van der Waals surface area (Å²) in [6, 6.07) is 4.93. The molecule has 3 aromatic rings. The van der Waals surface area contributed by atoms with Gasteiger partial charge in [-0.15, -0.1) is 10.2 Å². The lowest BCUT2D eigenvalue weighted by Crippen LogP contribution is -2.08. The first kappa shape index (κ1) is 13.1. The Morgan fingerprint density at radius 2 is 2.33 bits per heavy atom. The number of carboxylic acid groups (broad SMARTS) is 1. The van der Waals surface area contributed by atoms with Crippen molar-refractivity contribution >= 4 is 23.1 Å². The number of nitrogens with zero attached hydrogens (tertiary/aromatic N) is 4. The fraction of sp³-hybridized carbons (Fsp3) is 0.231. The van der Waals surface area contributed by atoms with Gasteiger partial charge in [-0.3, -0.25) is 0 Å². The van der Waals surface area contributed by atoms with Crippen LogP contribution < -0.4 is 5.32 Å². The molecule has 2 aromatic heterocycles. The third kappa shape index (κ3) is 2.69. The molecule has 0 saturated carbocycles. The van der Waals surface area contributed by atoms with E-state index in [9.17, 15) is 4.79 Å². The molecule has 2 N–H and O–H groups in total. The average Bonchev–Trinajstić information content (AvgIpc) is 3.04. The van der Waals surface area contributed by atoms with E-state index in [0.717, 1.165) is 5.82 Å². The maximum Gasteiger partial charge on any atom is 0.335 e. The maximum absolute atomic E-state index is 10.9. The number of benzene rings is 1. The van der Waals surface area contributed by atoms with Crippen LogP contribution in [0.4, 0.5) is 6.01 Å². The zero-order valence-corrected chi connectivity index (χ0v) is 11.3. The van der Waals surface area contributed by atoms with Crippen molar-refractivity contribution in [1.82, 2.24) is 19.7 Å². The molecule has 21 heavy (non-hydrogen) atoms. The molecule has 0 amide bonds. The molecular weight excluding hydrogens is 274 g/mol. The third-order valence-electron chi connectivity index (χ3n) is 3.07. The fourth-order valence-electron chi connectivity index (χ4n) is 1.95. The van der Waals surface area contributed by atoms with Crippen molar-refractivity contribution in [2.75, 3.05) is 11.9 Å². The summed E-state index contributed by atoms with van der Waals surface area (Å²) in [7, 11) is 1.88. The number of carbonyl (C=O) groups is 1. The Hall–Kier alpha value is -2.90. The molecule has 0 spiro atoms. The second-order valence-electron chi connectivity index (χ2n) is 4.54. The highest BCUT2D eigenvalue weighted by molar-refractivity contribution is 5.92. The Morgan fingerprint density at radius 3 is 3.05 bits per heavy atom. The van der Waals surface area contributed by atoms with Crippen molar-refractivity contribution in [3.63, 3.8) is 0 Å². The van der Waals surface area contributed by atoms with E-state index >= 15 is 0 Å². The van der Waals surface area contributed by atoms with Crippen molar-refractivity contribution in [2.45, 2.75) is 6.42 Å². The van der Waals surface area contributed by atoms with Gasteiger partial charge in [0.15, 0.2) is 5.58 Å². The van der Waals surface area contributed by atoms with Crippen molar-refractivity contribution in [3.8, 4) is 0 Å². The van der Waals surface area contributed by atoms with Crippen LogP contribution in [-0.4, -0.2) is 37.4 Å². The Morgan fingerprint density at radius 1 is 1.48 bits per heavy atom. The van der Waals surface area contributed by atoms with Gasteiger partial charge < -0.3 is 19.4 Å². The molecule has 0 fully saturated rings. The quantitative estimate of drug-likeness (QED) is 0.728. The van der Waals surface area contributed by atoms with Gasteiger partial charge in [-0.05, 0) is 18.2 Å². The summed E-state index contributed by atoms with van der Waals surface area (Å²) in [5.74, 6) is -0.142. The number of carboxylic acids is 1. The van der Waals surface area contributed by atoms with E-state index in [1.807, 2.05) is 11.6 Å². The standard InChI is InChI=1S/C13H13N5O3/c1-18-7-15-17-11(18)4-5-14-13-16-9-3-2-8(12(19)20)6-10(9)21-13/h2-3,6-7H,4-5H2,1H3,(H,14,16)(H,19,20). The molecule has 3 rings (SSSR count). The Kier molecular flexibility index (Phi) is 3.27. The number of aromatic carboxylic acids is 1. The highest BCUT2D eigenvalue weighted by Crippen LogP contribution is 2.20. The highest BCUT2D eigenvalue weighted by Gasteiger charge is 2.09. The van der Waals surface area contributed by atoms with Gasteiger partial charge in [-0.1, -0.05) is 0 Å². The van der Waals surface area contributed by atoms with Gasteiger partial charge in [0.25, 0.3) is 6.01 Å². The molecule has 8 heteroatoms. The van der Waals surface area contributed by atoms with E-state index in [-0.39, 0.29) is 5.56 Å². The summed E-state index contributed by atoms with van der Waals surface area (Å²) in [4.78, 5) is 15.1. The predicted octanol–water partition coefficient (Wildman–Crippen LogP) is 1.31. The Balaban J connectivity index is 1.70. The van der Waals surface area contributed by atoms with Crippen LogP contribution in [0.2, 0.25) is 0 Å². The second-order valence-corrected chi connectivity index (χ2v) is 4.54. The van der Waals surface area contributed by atoms with Crippen LogP contribution >= 0.6 is 0 Å². The van der Waals surface area contributed by atoms with Gasteiger partial charge in [0.2, 0.25) is 0 Å². The summed E-state index contributed by atoms with van der Waals surface area (Å²) in [6.07, 6.45) is 2.32. The molecule has 0 aliphatic heterocycles. The third-order valence-corrected chi connectivity index (χ3v) is 3.07. The van der Waals surface area contributed by atoms with Crippen LogP contribution in [-0.2, 0) is 13.5 Å². The van der Waals surface area contributed by atoms with Gasteiger partial charge in [0.1, 0.15) is 17.7 Å². The van der Waals surface area contributed by atoms with Crippen LogP contribution in [0.3, 0.4) is 0 Å². The second kappa shape index (κ2) is 5.23. The number of nitrogens with one attached hydrogen (secondary N) is 1. The summed E-state index contributed by atoms with van der Waals surface area (Å²) >= 11 is 0. The molecule has 8 nitrogen and oxygen atoms in total. The number of hydrogen-bond acceptors (Lipinski definition) is 6. The van der Waals surface area contributed by atoms with E-state index in [1.54, 1.807) is 12.4 Å². The first-order valence-electron chi connectivity index (χ1n) is 6.34. The first-order chi connectivity index (χ1) is 10.1. The lowest BCUT2D eigenvalue weighted by atomic mass is 10.2. The van der Waals surface area contributed by atoms with Crippen molar-refractivity contribution in [3.05, 3.63) is 35.9 Å². The van der Waals surface area contributed by atoms with Gasteiger partial charge in [-0.2, -0.15) is 4.98 Å². The number of rotatable bonds is 5. The summed E-state index contributed by atoms with van der Waals surface area (Å²) in [6.45, 7) is 0.588. The normalized spacial score (nSPS) is 10.9. The molecule has 0 atom stereocenters. The highest BCUT2D eigenvalue weighted by atomic mass is 16.4. The van der Waals surface area contributed by atoms with E-state index in [0.29, 0.717) is 30.1 Å². The molecule has 0 saturated heterocycles. The van der Waals surface area contributed by atoms with E-state index in [4.69, 9.17) is 9.52 Å². The smallest absolute Gasteiger partial charge is 0.335 e. The largest absolute Gasteiger partial charge is 0.478 e. The lowest BCUT2D eigenvalue weighted by Gasteiger charge is -2.00. The number of oxazole rings is 1. The number of anilines is 1.